The molecule has 6 heteroatoms. The van der Waals surface area contributed by atoms with Gasteiger partial charge in [-0.1, -0.05) is 25.4 Å². The first-order valence-electron chi connectivity index (χ1n) is 7.81. The van der Waals surface area contributed by atoms with Gasteiger partial charge in [0.2, 0.25) is 5.91 Å². The molecule has 0 unspecified atom stereocenters. The third-order valence-electron chi connectivity index (χ3n) is 4.52. The summed E-state index contributed by atoms with van der Waals surface area (Å²) in [6.45, 7) is 8.48. The number of carbonyl (C=O) groups is 2. The molecule has 23 heavy (non-hydrogen) atoms. The number of fused-ring (bicyclic) bond motifs is 1. The number of halogens is 1. The highest BCUT2D eigenvalue weighted by molar-refractivity contribution is 8.01. The number of anilines is 1. The van der Waals surface area contributed by atoms with Gasteiger partial charge in [0.15, 0.2) is 0 Å². The summed E-state index contributed by atoms with van der Waals surface area (Å²) in [5.74, 6) is 0.185. The molecule has 2 atom stereocenters. The molecule has 2 saturated heterocycles. The summed E-state index contributed by atoms with van der Waals surface area (Å²) in [7, 11) is 0. The number of hydrogen-bond acceptors (Lipinski definition) is 3. The lowest BCUT2D eigenvalue weighted by Gasteiger charge is -2.41. The summed E-state index contributed by atoms with van der Waals surface area (Å²) >= 11 is 7.70. The fraction of sp³-hybridized carbons (Fsp3) is 0.529. The molecule has 2 fully saturated rings. The minimum Gasteiger partial charge on any atom is -0.307 e. The number of thioether (sulfide) groups is 1. The Morgan fingerprint density at radius 3 is 2.39 bits per heavy atom. The normalized spacial score (nSPS) is 26.9. The molecule has 0 spiro atoms. The molecule has 0 bridgehead atoms. The third-order valence-corrected chi connectivity index (χ3v) is 6.67. The topological polar surface area (TPSA) is 40.6 Å². The van der Waals surface area contributed by atoms with E-state index in [-0.39, 0.29) is 28.1 Å². The van der Waals surface area contributed by atoms with E-state index in [0.717, 1.165) is 0 Å². The summed E-state index contributed by atoms with van der Waals surface area (Å²) in [5, 5.41) is 0.673. The first-order chi connectivity index (χ1) is 10.7. The average molecular weight is 353 g/mol. The number of imide groups is 1. The van der Waals surface area contributed by atoms with Gasteiger partial charge < -0.3 is 4.90 Å². The van der Waals surface area contributed by atoms with E-state index < -0.39 is 0 Å². The third kappa shape index (κ3) is 2.74. The molecule has 0 aromatic heterocycles. The van der Waals surface area contributed by atoms with Gasteiger partial charge in [-0.2, -0.15) is 0 Å². The van der Waals surface area contributed by atoms with Crippen molar-refractivity contribution < 1.29 is 9.59 Å². The van der Waals surface area contributed by atoms with E-state index >= 15 is 0 Å². The zero-order valence-electron chi connectivity index (χ0n) is 13.7. The van der Waals surface area contributed by atoms with Gasteiger partial charge in [-0.25, -0.2) is 9.69 Å². The van der Waals surface area contributed by atoms with Crippen LogP contribution in [0.25, 0.3) is 0 Å². The van der Waals surface area contributed by atoms with Crippen molar-refractivity contribution >= 4 is 41.0 Å². The summed E-state index contributed by atoms with van der Waals surface area (Å²) in [4.78, 5) is 28.9. The van der Waals surface area contributed by atoms with Crippen molar-refractivity contribution in [3.63, 3.8) is 0 Å². The van der Waals surface area contributed by atoms with Gasteiger partial charge in [-0.15, -0.1) is 11.8 Å². The van der Waals surface area contributed by atoms with Crippen molar-refractivity contribution in [1.82, 2.24) is 4.90 Å². The fourth-order valence-electron chi connectivity index (χ4n) is 3.33. The number of rotatable bonds is 2. The maximum absolute atomic E-state index is 13.1. The Labute approximate surface area is 146 Å². The van der Waals surface area contributed by atoms with Crippen molar-refractivity contribution in [3.8, 4) is 0 Å². The smallest absolute Gasteiger partial charge is 0.307 e. The average Bonchev–Trinajstić information content (AvgIpc) is 2.73. The molecule has 0 N–H and O–H groups in total. The van der Waals surface area contributed by atoms with Gasteiger partial charge in [0.05, 0.1) is 17.1 Å². The Balaban J connectivity index is 1.99. The number of hydrogen-bond donors (Lipinski definition) is 0. The molecule has 1 aromatic rings. The Bertz CT molecular complexity index is 644. The number of carbonyl (C=O) groups excluding carboxylic acids is 2. The Hall–Kier alpha value is -1.20. The van der Waals surface area contributed by atoms with E-state index in [4.69, 9.17) is 11.6 Å². The second-order valence-electron chi connectivity index (χ2n) is 6.97. The van der Waals surface area contributed by atoms with Crippen LogP contribution >= 0.6 is 23.4 Å². The lowest BCUT2D eigenvalue weighted by atomic mass is 9.95. The maximum atomic E-state index is 13.1. The van der Waals surface area contributed by atoms with Gasteiger partial charge in [0, 0.05) is 16.2 Å². The monoisotopic (exact) mass is 352 g/mol. The zero-order chi connectivity index (χ0) is 16.9. The largest absolute Gasteiger partial charge is 0.332 e. The second kappa shape index (κ2) is 5.71. The highest BCUT2D eigenvalue weighted by atomic mass is 35.5. The van der Waals surface area contributed by atoms with Crippen LogP contribution in [-0.2, 0) is 4.79 Å². The van der Waals surface area contributed by atoms with Crippen molar-refractivity contribution in [3.05, 3.63) is 29.3 Å². The predicted molar refractivity (Wildman–Crippen MR) is 94.9 cm³/mol. The van der Waals surface area contributed by atoms with Gasteiger partial charge >= 0.3 is 6.03 Å². The summed E-state index contributed by atoms with van der Waals surface area (Å²) in [5.41, 5.74) is 0.583. The lowest BCUT2D eigenvalue weighted by molar-refractivity contribution is -0.120. The number of amides is 3. The molecule has 1 aromatic carbocycles. The van der Waals surface area contributed by atoms with Crippen molar-refractivity contribution in [2.75, 3.05) is 4.90 Å². The summed E-state index contributed by atoms with van der Waals surface area (Å²) in [6.07, 6.45) is 0.359. The molecule has 0 radical (unpaired) electrons. The Morgan fingerprint density at radius 1 is 1.22 bits per heavy atom. The quantitative estimate of drug-likeness (QED) is 0.793. The van der Waals surface area contributed by atoms with Crippen LogP contribution in [0, 0.1) is 5.92 Å². The molecule has 0 aliphatic carbocycles. The number of nitrogens with zero attached hydrogens (tertiary/aromatic N) is 2. The number of urea groups is 1. The van der Waals surface area contributed by atoms with Gasteiger partial charge in [-0.3, -0.25) is 4.79 Å². The molecule has 0 saturated carbocycles. The van der Waals surface area contributed by atoms with Crippen LogP contribution in [0.3, 0.4) is 0 Å². The minimum absolute atomic E-state index is 0.0524. The minimum atomic E-state index is -0.217. The van der Waals surface area contributed by atoms with Gasteiger partial charge in [0.1, 0.15) is 0 Å². The van der Waals surface area contributed by atoms with Crippen LogP contribution < -0.4 is 4.90 Å². The first-order valence-corrected chi connectivity index (χ1v) is 9.07. The highest BCUT2D eigenvalue weighted by Gasteiger charge is 2.55. The SMILES string of the molecule is CC(C)[C@@H]1SC(C)(C)[C@@H]2CC(=O)N(c3ccc(Cl)cc3)C(=O)N21. The van der Waals surface area contributed by atoms with Crippen LogP contribution in [0.5, 0.6) is 0 Å². The van der Waals surface area contributed by atoms with E-state index in [1.165, 1.54) is 4.90 Å². The molecular weight excluding hydrogens is 332 g/mol. The fourth-order valence-corrected chi connectivity index (χ4v) is 5.05. The highest BCUT2D eigenvalue weighted by Crippen LogP contribution is 2.50. The van der Waals surface area contributed by atoms with Crippen LogP contribution in [0.1, 0.15) is 34.1 Å². The predicted octanol–water partition coefficient (Wildman–Crippen LogP) is 4.37. The van der Waals surface area contributed by atoms with Crippen molar-refractivity contribution in [2.24, 2.45) is 5.92 Å². The Morgan fingerprint density at radius 2 is 1.83 bits per heavy atom. The lowest BCUT2D eigenvalue weighted by Crippen LogP contribution is -2.60. The molecule has 4 nitrogen and oxygen atoms in total. The molecule has 2 aliphatic heterocycles. The van der Waals surface area contributed by atoms with E-state index in [9.17, 15) is 9.59 Å². The molecule has 124 valence electrons. The molecule has 3 amide bonds. The molecule has 2 heterocycles. The molecule has 2 aliphatic rings. The van der Waals surface area contributed by atoms with E-state index in [2.05, 4.69) is 27.7 Å². The van der Waals surface area contributed by atoms with Crippen LogP contribution in [-0.4, -0.2) is 33.0 Å². The van der Waals surface area contributed by atoms with E-state index in [1.807, 2.05) is 4.90 Å². The van der Waals surface area contributed by atoms with Crippen molar-refractivity contribution in [2.45, 2.75) is 50.3 Å². The summed E-state index contributed by atoms with van der Waals surface area (Å²) < 4.78 is -0.119. The van der Waals surface area contributed by atoms with Crippen molar-refractivity contribution in [1.29, 1.82) is 0 Å². The van der Waals surface area contributed by atoms with E-state index in [1.54, 1.807) is 36.0 Å². The zero-order valence-corrected chi connectivity index (χ0v) is 15.3. The maximum Gasteiger partial charge on any atom is 0.332 e. The van der Waals surface area contributed by atoms with Crippen LogP contribution in [0.15, 0.2) is 24.3 Å². The van der Waals surface area contributed by atoms with Gasteiger partial charge in [-0.05, 0) is 44.0 Å². The van der Waals surface area contributed by atoms with E-state index in [0.29, 0.717) is 23.0 Å². The van der Waals surface area contributed by atoms with Crippen LogP contribution in [0.2, 0.25) is 5.02 Å². The van der Waals surface area contributed by atoms with Crippen LogP contribution in [0.4, 0.5) is 10.5 Å². The molecule has 3 rings (SSSR count). The molecular formula is C17H21ClN2O2S. The standard InChI is InChI=1S/C17H21ClN2O2S/c1-10(2)15-20-13(17(3,4)23-15)9-14(21)19(16(20)22)12-7-5-11(18)6-8-12/h5-8,10,13,15H,9H2,1-4H3/t13-,15-/m0/s1. The van der Waals surface area contributed by atoms with Gasteiger partial charge in [0.25, 0.3) is 0 Å². The first kappa shape index (κ1) is 16.7. The second-order valence-corrected chi connectivity index (χ2v) is 9.18. The number of benzene rings is 1. The summed E-state index contributed by atoms with van der Waals surface area (Å²) in [6, 6.07) is 6.57. The Kier molecular flexibility index (Phi) is 4.13.